The number of alkyl halides is 1. The van der Waals surface area contributed by atoms with Gasteiger partial charge < -0.3 is 4.57 Å². The molecule has 0 saturated carbocycles. The predicted molar refractivity (Wildman–Crippen MR) is 107 cm³/mol. The van der Waals surface area contributed by atoms with Gasteiger partial charge in [0, 0.05) is 13.6 Å². The van der Waals surface area contributed by atoms with E-state index in [9.17, 15) is 14.0 Å². The number of benzene rings is 2. The van der Waals surface area contributed by atoms with Crippen molar-refractivity contribution in [3.05, 3.63) is 75.2 Å². The first-order valence-corrected chi connectivity index (χ1v) is 9.30. The van der Waals surface area contributed by atoms with E-state index in [4.69, 9.17) is 4.98 Å². The lowest BCUT2D eigenvalue weighted by atomic mass is 10.2. The van der Waals surface area contributed by atoms with Gasteiger partial charge in [-0.15, -0.1) is 0 Å². The first-order chi connectivity index (χ1) is 13.6. The van der Waals surface area contributed by atoms with Crippen molar-refractivity contribution in [2.24, 2.45) is 7.05 Å². The molecule has 7 heteroatoms. The Balaban J connectivity index is 1.88. The number of rotatable bonds is 6. The van der Waals surface area contributed by atoms with Gasteiger partial charge in [0.2, 0.25) is 0 Å². The average Bonchev–Trinajstić information content (AvgIpc) is 3.07. The van der Waals surface area contributed by atoms with Crippen molar-refractivity contribution >= 4 is 21.9 Å². The molecular formula is C21H21FN4O2. The minimum absolute atomic E-state index is 0.234. The molecule has 0 saturated heterocycles. The molecule has 4 rings (SSSR count). The van der Waals surface area contributed by atoms with Crippen LogP contribution in [-0.2, 0) is 20.1 Å². The van der Waals surface area contributed by atoms with E-state index in [1.807, 2.05) is 34.9 Å². The molecule has 0 aliphatic carbocycles. The van der Waals surface area contributed by atoms with Gasteiger partial charge in [0.25, 0.3) is 5.56 Å². The van der Waals surface area contributed by atoms with E-state index in [0.29, 0.717) is 36.1 Å². The van der Waals surface area contributed by atoms with Gasteiger partial charge in [-0.1, -0.05) is 24.3 Å². The Morgan fingerprint density at radius 1 is 0.929 bits per heavy atom. The minimum Gasteiger partial charge on any atom is -0.326 e. The molecule has 0 unspecified atom stereocenters. The van der Waals surface area contributed by atoms with Gasteiger partial charge in [0.15, 0.2) is 0 Å². The van der Waals surface area contributed by atoms with Crippen molar-refractivity contribution < 1.29 is 4.39 Å². The van der Waals surface area contributed by atoms with Crippen LogP contribution in [0.4, 0.5) is 4.39 Å². The Labute approximate surface area is 160 Å². The Kier molecular flexibility index (Phi) is 4.81. The van der Waals surface area contributed by atoms with Crippen LogP contribution in [0.5, 0.6) is 0 Å². The third kappa shape index (κ3) is 3.02. The zero-order valence-electron chi connectivity index (χ0n) is 15.6. The highest BCUT2D eigenvalue weighted by Gasteiger charge is 2.15. The number of imidazole rings is 1. The smallest absolute Gasteiger partial charge is 0.326 e. The van der Waals surface area contributed by atoms with E-state index in [2.05, 4.69) is 0 Å². The van der Waals surface area contributed by atoms with Gasteiger partial charge >= 0.3 is 5.69 Å². The second kappa shape index (κ2) is 7.42. The van der Waals surface area contributed by atoms with Crippen LogP contribution >= 0.6 is 0 Å². The highest BCUT2D eigenvalue weighted by atomic mass is 19.1. The number of aromatic nitrogens is 4. The molecule has 2 aromatic carbocycles. The number of aryl methyl sites for hydroxylation is 1. The fraction of sp³-hybridized carbons (Fsp3) is 0.286. The summed E-state index contributed by atoms with van der Waals surface area (Å²) in [6.07, 6.45) is 1.17. The summed E-state index contributed by atoms with van der Waals surface area (Å²) in [7, 11) is 1.48. The average molecular weight is 380 g/mol. The second-order valence-electron chi connectivity index (χ2n) is 6.81. The Morgan fingerprint density at radius 2 is 1.64 bits per heavy atom. The molecule has 0 amide bonds. The van der Waals surface area contributed by atoms with E-state index in [0.717, 1.165) is 15.6 Å². The third-order valence-corrected chi connectivity index (χ3v) is 5.05. The van der Waals surface area contributed by atoms with Crippen LogP contribution in [0.1, 0.15) is 18.7 Å². The quantitative estimate of drug-likeness (QED) is 0.483. The second-order valence-corrected chi connectivity index (χ2v) is 6.81. The minimum atomic E-state index is -0.383. The summed E-state index contributed by atoms with van der Waals surface area (Å²) in [5.74, 6) is 0.714. The lowest BCUT2D eigenvalue weighted by Crippen LogP contribution is -2.38. The third-order valence-electron chi connectivity index (χ3n) is 5.05. The van der Waals surface area contributed by atoms with Gasteiger partial charge in [-0.25, -0.2) is 9.78 Å². The van der Waals surface area contributed by atoms with Crippen LogP contribution in [0.3, 0.4) is 0 Å². The molecule has 0 aliphatic rings. The van der Waals surface area contributed by atoms with Gasteiger partial charge in [-0.2, -0.15) is 0 Å². The van der Waals surface area contributed by atoms with Crippen LogP contribution in [0.15, 0.2) is 58.1 Å². The summed E-state index contributed by atoms with van der Waals surface area (Å²) < 4.78 is 17.3. The molecule has 0 fully saturated rings. The number of nitrogens with zero attached hydrogens (tertiary/aromatic N) is 4. The van der Waals surface area contributed by atoms with Crippen molar-refractivity contribution in [2.75, 3.05) is 6.67 Å². The van der Waals surface area contributed by atoms with E-state index in [-0.39, 0.29) is 24.5 Å². The predicted octanol–water partition coefficient (Wildman–Crippen LogP) is 2.85. The first-order valence-electron chi connectivity index (χ1n) is 9.30. The molecule has 144 valence electrons. The largest absolute Gasteiger partial charge is 0.331 e. The maximum atomic E-state index is 12.8. The molecule has 0 N–H and O–H groups in total. The monoisotopic (exact) mass is 380 g/mol. The van der Waals surface area contributed by atoms with Gasteiger partial charge in [-0.05, 0) is 37.1 Å². The Morgan fingerprint density at radius 3 is 2.43 bits per heavy atom. The lowest BCUT2D eigenvalue weighted by molar-refractivity contribution is 0.446. The highest BCUT2D eigenvalue weighted by Crippen LogP contribution is 2.19. The van der Waals surface area contributed by atoms with Crippen LogP contribution in [-0.4, -0.2) is 25.4 Å². The summed E-state index contributed by atoms with van der Waals surface area (Å²) in [5.41, 5.74) is 1.68. The Bertz CT molecular complexity index is 1270. The fourth-order valence-electron chi connectivity index (χ4n) is 3.60. The van der Waals surface area contributed by atoms with E-state index >= 15 is 0 Å². The maximum absolute atomic E-state index is 12.8. The number of para-hydroxylation sites is 3. The summed E-state index contributed by atoms with van der Waals surface area (Å²) in [5, 5.41) is 0.490. The molecule has 0 atom stereocenters. The zero-order chi connectivity index (χ0) is 19.7. The first kappa shape index (κ1) is 18.2. The van der Waals surface area contributed by atoms with Gasteiger partial charge in [0.1, 0.15) is 5.82 Å². The molecule has 0 spiro atoms. The van der Waals surface area contributed by atoms with Crippen molar-refractivity contribution in [3.8, 4) is 0 Å². The summed E-state index contributed by atoms with van der Waals surface area (Å²) in [6, 6.07) is 14.8. The molecule has 2 aromatic heterocycles. The lowest BCUT2D eigenvalue weighted by Gasteiger charge is -2.13. The molecule has 0 radical (unpaired) electrons. The fourth-order valence-corrected chi connectivity index (χ4v) is 3.60. The normalized spacial score (nSPS) is 11.5. The molecule has 0 bridgehead atoms. The molecule has 6 nitrogen and oxygen atoms in total. The van der Waals surface area contributed by atoms with E-state index in [1.54, 1.807) is 22.8 Å². The molecular weight excluding hydrogens is 359 g/mol. The van der Waals surface area contributed by atoms with Gasteiger partial charge in [0.05, 0.1) is 35.2 Å². The topological polar surface area (TPSA) is 61.8 Å². The van der Waals surface area contributed by atoms with E-state index in [1.165, 1.54) is 7.05 Å². The zero-order valence-corrected chi connectivity index (χ0v) is 15.6. The number of halogens is 1. The number of unbranched alkanes of at least 4 members (excludes halogenated alkanes) is 1. The maximum Gasteiger partial charge on any atom is 0.331 e. The summed E-state index contributed by atoms with van der Waals surface area (Å²) >= 11 is 0. The highest BCUT2D eigenvalue weighted by molar-refractivity contribution is 5.78. The number of hydrogen-bond donors (Lipinski definition) is 0. The summed E-state index contributed by atoms with van der Waals surface area (Å²) in [6.45, 7) is 0.503. The Hall–Kier alpha value is -3.22. The summed E-state index contributed by atoms with van der Waals surface area (Å²) in [4.78, 5) is 30.0. The van der Waals surface area contributed by atoms with Crippen LogP contribution < -0.4 is 11.2 Å². The standard InChI is InChI=1S/C21H21FN4O2/c1-24-20(27)15-8-2-4-10-17(15)26(21(24)28)14-19-23-16-9-3-5-11-18(16)25(19)13-7-6-12-22/h2-5,8-11H,6-7,12-14H2,1H3. The van der Waals surface area contributed by atoms with Crippen molar-refractivity contribution in [1.82, 2.24) is 18.7 Å². The van der Waals surface area contributed by atoms with E-state index < -0.39 is 0 Å². The van der Waals surface area contributed by atoms with Crippen molar-refractivity contribution in [3.63, 3.8) is 0 Å². The van der Waals surface area contributed by atoms with Gasteiger partial charge in [-0.3, -0.25) is 18.3 Å². The number of hydrogen-bond acceptors (Lipinski definition) is 3. The van der Waals surface area contributed by atoms with Crippen molar-refractivity contribution in [2.45, 2.75) is 25.9 Å². The molecule has 4 aromatic rings. The van der Waals surface area contributed by atoms with Crippen molar-refractivity contribution in [1.29, 1.82) is 0 Å². The van der Waals surface area contributed by atoms with Crippen LogP contribution in [0, 0.1) is 0 Å². The molecule has 28 heavy (non-hydrogen) atoms. The van der Waals surface area contributed by atoms with Crippen LogP contribution in [0.25, 0.3) is 21.9 Å². The molecule has 2 heterocycles. The number of fused-ring (bicyclic) bond motifs is 2. The van der Waals surface area contributed by atoms with Crippen LogP contribution in [0.2, 0.25) is 0 Å². The SMILES string of the molecule is Cn1c(=O)c2ccccc2n(Cc2nc3ccccc3n2CCCCF)c1=O. The molecule has 0 aliphatic heterocycles.